The molecule has 0 aliphatic carbocycles. The maximum atomic E-state index is 14.1. The van der Waals surface area contributed by atoms with Gasteiger partial charge in [0.1, 0.15) is 5.82 Å². The summed E-state index contributed by atoms with van der Waals surface area (Å²) in [5.74, 6) is -3.39. The number of benzene rings is 4. The van der Waals surface area contributed by atoms with Gasteiger partial charge in [0.2, 0.25) is 0 Å². The van der Waals surface area contributed by atoms with E-state index >= 15 is 0 Å². The molecule has 0 saturated carbocycles. The number of carbonyl (C=O) groups excluding carboxylic acids is 1. The van der Waals surface area contributed by atoms with Gasteiger partial charge in [-0.15, -0.1) is 0 Å². The fraction of sp³-hybridized carbons (Fsp3) is 0.286. The number of piperidine rings is 1. The van der Waals surface area contributed by atoms with Crippen LogP contribution in [-0.2, 0) is 29.9 Å². The molecule has 13 heteroatoms. The predicted molar refractivity (Wildman–Crippen MR) is 155 cm³/mol. The molecule has 1 saturated heterocycles. The van der Waals surface area contributed by atoms with Crippen LogP contribution in [0.2, 0.25) is 0 Å². The SMILES string of the molecule is O=C(c1cc(C(F)(F)F)cc(C(F)(F)F)c1)N1CC[C@H](OCc2cc(F)cc(C(F)(F)F)c2)[C@H](C(c2ccccc2)c2ccccc2)C1. The molecule has 4 aromatic rings. The summed E-state index contributed by atoms with van der Waals surface area (Å²) in [5, 5.41) is 0. The first-order chi connectivity index (χ1) is 22.5. The van der Waals surface area contributed by atoms with Gasteiger partial charge in [0.05, 0.1) is 29.4 Å². The second-order valence-electron chi connectivity index (χ2n) is 11.5. The minimum absolute atomic E-state index is 0.0269. The maximum absolute atomic E-state index is 14.1. The van der Waals surface area contributed by atoms with E-state index in [1.54, 1.807) is 60.7 Å². The van der Waals surface area contributed by atoms with E-state index in [0.717, 1.165) is 28.2 Å². The van der Waals surface area contributed by atoms with Crippen LogP contribution in [0.25, 0.3) is 0 Å². The van der Waals surface area contributed by atoms with Gasteiger partial charge in [0.15, 0.2) is 0 Å². The van der Waals surface area contributed by atoms with Gasteiger partial charge >= 0.3 is 18.5 Å². The van der Waals surface area contributed by atoms with Crippen molar-refractivity contribution in [1.82, 2.24) is 4.90 Å². The summed E-state index contributed by atoms with van der Waals surface area (Å²) in [6.07, 6.45) is -15.9. The predicted octanol–water partition coefficient (Wildman–Crippen LogP) is 9.76. The quantitative estimate of drug-likeness (QED) is 0.182. The van der Waals surface area contributed by atoms with Crippen molar-refractivity contribution in [2.75, 3.05) is 13.1 Å². The van der Waals surface area contributed by atoms with E-state index in [1.807, 2.05) is 0 Å². The molecule has 0 bridgehead atoms. The average molecular weight is 684 g/mol. The van der Waals surface area contributed by atoms with Gasteiger partial charge in [-0.25, -0.2) is 4.39 Å². The molecule has 0 unspecified atom stereocenters. The molecule has 254 valence electrons. The fourth-order valence-electron chi connectivity index (χ4n) is 6.04. The zero-order valence-corrected chi connectivity index (χ0v) is 24.8. The van der Waals surface area contributed by atoms with E-state index < -0.39 is 77.1 Å². The molecular formula is C35H27F10NO2. The molecule has 4 aromatic carbocycles. The molecule has 3 nitrogen and oxygen atoms in total. The molecule has 1 amide bonds. The number of nitrogens with zero attached hydrogens (tertiary/aromatic N) is 1. The summed E-state index contributed by atoms with van der Waals surface area (Å²) in [4.78, 5) is 14.8. The Morgan fingerprint density at radius 3 is 1.71 bits per heavy atom. The molecule has 0 spiro atoms. The smallest absolute Gasteiger partial charge is 0.373 e. The lowest BCUT2D eigenvalue weighted by Gasteiger charge is -2.42. The second kappa shape index (κ2) is 13.6. The maximum Gasteiger partial charge on any atom is 0.416 e. The highest BCUT2D eigenvalue weighted by molar-refractivity contribution is 5.94. The number of halogens is 10. The minimum atomic E-state index is -5.16. The highest BCUT2D eigenvalue weighted by Gasteiger charge is 2.41. The summed E-state index contributed by atoms with van der Waals surface area (Å²) in [7, 11) is 0. The standard InChI is InChI=1S/C35H27F10NO2/c36-28-14-21(13-25(18-28)33(37,38)39)20-48-30-11-12-46(32(47)24-15-26(34(40,41)42)17-27(16-24)35(43,44)45)19-29(30)31(22-7-3-1-4-8-22)23-9-5-2-6-10-23/h1-10,13-18,29-31H,11-12,19-20H2/t29-,30+/m1/s1. The first-order valence-corrected chi connectivity index (χ1v) is 14.7. The second-order valence-corrected chi connectivity index (χ2v) is 11.5. The third kappa shape index (κ3) is 8.18. The van der Waals surface area contributed by atoms with Gasteiger partial charge in [-0.05, 0) is 59.5 Å². The zero-order chi connectivity index (χ0) is 34.9. The molecular weight excluding hydrogens is 656 g/mol. The zero-order valence-electron chi connectivity index (χ0n) is 24.8. The van der Waals surface area contributed by atoms with Crippen molar-refractivity contribution in [3.63, 3.8) is 0 Å². The van der Waals surface area contributed by atoms with Gasteiger partial charge in [0.25, 0.3) is 5.91 Å². The number of alkyl halides is 9. The van der Waals surface area contributed by atoms with Crippen molar-refractivity contribution >= 4 is 5.91 Å². The highest BCUT2D eigenvalue weighted by Crippen LogP contribution is 2.41. The Bertz CT molecular complexity index is 1650. The van der Waals surface area contributed by atoms with Crippen molar-refractivity contribution < 1.29 is 53.4 Å². The first kappa shape index (κ1) is 34.9. The van der Waals surface area contributed by atoms with Crippen molar-refractivity contribution in [1.29, 1.82) is 0 Å². The van der Waals surface area contributed by atoms with E-state index in [1.165, 1.54) is 0 Å². The summed E-state index contributed by atoms with van der Waals surface area (Å²) in [6.45, 7) is -0.772. The van der Waals surface area contributed by atoms with Crippen LogP contribution in [0.1, 0.15) is 56.1 Å². The fourth-order valence-corrected chi connectivity index (χ4v) is 6.04. The minimum Gasteiger partial charge on any atom is -0.373 e. The van der Waals surface area contributed by atoms with Crippen LogP contribution < -0.4 is 0 Å². The topological polar surface area (TPSA) is 29.5 Å². The van der Waals surface area contributed by atoms with Crippen molar-refractivity contribution in [2.45, 2.75) is 43.6 Å². The number of likely N-dealkylation sites (tertiary alicyclic amines) is 1. The third-order valence-electron chi connectivity index (χ3n) is 8.21. The number of hydrogen-bond donors (Lipinski definition) is 0. The molecule has 1 heterocycles. The Morgan fingerprint density at radius 2 is 1.21 bits per heavy atom. The molecule has 2 atom stereocenters. The number of amides is 1. The van der Waals surface area contributed by atoms with Crippen LogP contribution in [-0.4, -0.2) is 30.0 Å². The summed E-state index contributed by atoms with van der Waals surface area (Å²) in [5.41, 5.74) is -3.86. The van der Waals surface area contributed by atoms with Crippen LogP contribution in [0.15, 0.2) is 97.1 Å². The molecule has 0 N–H and O–H groups in total. The molecule has 48 heavy (non-hydrogen) atoms. The van der Waals surface area contributed by atoms with Gasteiger partial charge in [-0.3, -0.25) is 4.79 Å². The Labute approximate surface area is 268 Å². The van der Waals surface area contributed by atoms with Gasteiger partial charge in [0, 0.05) is 30.5 Å². The van der Waals surface area contributed by atoms with Crippen molar-refractivity contribution in [3.8, 4) is 0 Å². The largest absolute Gasteiger partial charge is 0.416 e. The molecule has 5 rings (SSSR count). The van der Waals surface area contributed by atoms with E-state index in [-0.39, 0.29) is 31.1 Å². The Kier molecular flexibility index (Phi) is 9.91. The van der Waals surface area contributed by atoms with E-state index in [4.69, 9.17) is 4.74 Å². The van der Waals surface area contributed by atoms with E-state index in [2.05, 4.69) is 0 Å². The van der Waals surface area contributed by atoms with Gasteiger partial charge in [-0.1, -0.05) is 60.7 Å². The molecule has 1 fully saturated rings. The van der Waals surface area contributed by atoms with E-state index in [9.17, 15) is 48.7 Å². The lowest BCUT2D eigenvalue weighted by molar-refractivity contribution is -0.143. The monoisotopic (exact) mass is 683 g/mol. The summed E-state index contributed by atoms with van der Waals surface area (Å²) < 4.78 is 142. The van der Waals surface area contributed by atoms with E-state index in [0.29, 0.717) is 18.2 Å². The Balaban J connectivity index is 1.52. The lowest BCUT2D eigenvalue weighted by Crippen LogP contribution is -2.49. The Hall–Kier alpha value is -4.39. The number of rotatable bonds is 7. The van der Waals surface area contributed by atoms with Crippen molar-refractivity contribution in [2.24, 2.45) is 5.92 Å². The van der Waals surface area contributed by atoms with Crippen LogP contribution in [0.3, 0.4) is 0 Å². The van der Waals surface area contributed by atoms with Crippen LogP contribution in [0.5, 0.6) is 0 Å². The number of carbonyl (C=O) groups is 1. The lowest BCUT2D eigenvalue weighted by atomic mass is 9.75. The molecule has 1 aliphatic rings. The molecule has 0 aromatic heterocycles. The normalized spacial score (nSPS) is 17.5. The third-order valence-corrected chi connectivity index (χ3v) is 8.21. The van der Waals surface area contributed by atoms with Gasteiger partial charge in [-0.2, -0.15) is 39.5 Å². The summed E-state index contributed by atoms with van der Waals surface area (Å²) in [6, 6.07) is 20.5. The van der Waals surface area contributed by atoms with Crippen molar-refractivity contribution in [3.05, 3.63) is 142 Å². The van der Waals surface area contributed by atoms with Gasteiger partial charge < -0.3 is 9.64 Å². The molecule has 0 radical (unpaired) electrons. The number of hydrogen-bond acceptors (Lipinski definition) is 2. The van der Waals surface area contributed by atoms with Crippen LogP contribution >= 0.6 is 0 Å². The van der Waals surface area contributed by atoms with Crippen LogP contribution in [0, 0.1) is 11.7 Å². The first-order valence-electron chi connectivity index (χ1n) is 14.7. The Morgan fingerprint density at radius 1 is 0.708 bits per heavy atom. The highest BCUT2D eigenvalue weighted by atomic mass is 19.4. The summed E-state index contributed by atoms with van der Waals surface area (Å²) >= 11 is 0. The van der Waals surface area contributed by atoms with Crippen LogP contribution in [0.4, 0.5) is 43.9 Å². The molecule has 1 aliphatic heterocycles. The average Bonchev–Trinajstić information content (AvgIpc) is 3.03. The number of ether oxygens (including phenoxy) is 1.